The van der Waals surface area contributed by atoms with E-state index in [4.69, 9.17) is 21.1 Å². The molecule has 5 aromatic rings. The Labute approximate surface area is 225 Å². The van der Waals surface area contributed by atoms with Gasteiger partial charge >= 0.3 is 5.97 Å². The Kier molecular flexibility index (Phi) is 7.36. The van der Waals surface area contributed by atoms with Gasteiger partial charge in [-0.05, 0) is 24.3 Å². The van der Waals surface area contributed by atoms with E-state index in [-0.39, 0.29) is 11.4 Å². The Morgan fingerprint density at radius 2 is 1.26 bits per heavy atom. The first-order valence-corrected chi connectivity index (χ1v) is 13.9. The fraction of sp³-hybridized carbons (Fsp3) is 0.0333. The van der Waals surface area contributed by atoms with Crippen LogP contribution in [0.15, 0.2) is 131 Å². The van der Waals surface area contributed by atoms with Crippen molar-refractivity contribution in [3.05, 3.63) is 142 Å². The molecule has 0 saturated heterocycles. The van der Waals surface area contributed by atoms with Crippen molar-refractivity contribution in [3.63, 3.8) is 0 Å². The zero-order valence-corrected chi connectivity index (χ0v) is 22.1. The van der Waals surface area contributed by atoms with E-state index < -0.39 is 18.6 Å². The molecule has 0 fully saturated rings. The third kappa shape index (κ3) is 4.84. The third-order valence-electron chi connectivity index (χ3n) is 6.01. The molecule has 0 spiro atoms. The van der Waals surface area contributed by atoms with Crippen LogP contribution in [-0.4, -0.2) is 22.9 Å². The Balaban J connectivity index is 1.89. The zero-order chi connectivity index (χ0) is 26.5. The highest BCUT2D eigenvalue weighted by Gasteiger charge is 2.29. The van der Waals surface area contributed by atoms with Crippen LogP contribution in [0.1, 0.15) is 10.5 Å². The summed E-state index contributed by atoms with van der Waals surface area (Å²) in [6, 6.07) is 37.7. The maximum Gasteiger partial charge on any atom is 0.360 e. The number of aromatic nitrogens is 2. The summed E-state index contributed by atoms with van der Waals surface area (Å²) in [5.74, 6) is -0.696. The molecule has 188 valence electrons. The maximum absolute atomic E-state index is 13.4. The average molecular weight is 540 g/mol. The molecule has 0 aliphatic heterocycles. The molecule has 6 nitrogen and oxygen atoms in total. The van der Waals surface area contributed by atoms with Crippen LogP contribution in [-0.2, 0) is 4.74 Å². The van der Waals surface area contributed by atoms with Crippen molar-refractivity contribution in [1.29, 1.82) is 0 Å². The molecule has 0 aliphatic carbocycles. The predicted molar refractivity (Wildman–Crippen MR) is 153 cm³/mol. The number of nitrogens with zero attached hydrogens (tertiary/aromatic N) is 3. The number of hydrogen-bond acceptors (Lipinski definition) is 5. The predicted octanol–water partition coefficient (Wildman–Crippen LogP) is 5.48. The first-order valence-electron chi connectivity index (χ1n) is 11.8. The third-order valence-corrected chi connectivity index (χ3v) is 9.91. The lowest BCUT2D eigenvalue weighted by Gasteiger charge is -2.27. The Morgan fingerprint density at radius 3 is 1.71 bits per heavy atom. The van der Waals surface area contributed by atoms with Gasteiger partial charge in [0, 0.05) is 27.0 Å². The molecule has 1 aromatic heterocycles. The van der Waals surface area contributed by atoms with Crippen LogP contribution in [0.5, 0.6) is 0 Å². The second-order valence-electron chi connectivity index (χ2n) is 8.34. The molecule has 0 aliphatic rings. The van der Waals surface area contributed by atoms with E-state index in [9.17, 15) is 9.59 Å². The monoisotopic (exact) mass is 539 g/mol. The quantitative estimate of drug-likeness (QED) is 0.211. The van der Waals surface area contributed by atoms with Gasteiger partial charge in [0.05, 0.1) is 19.9 Å². The van der Waals surface area contributed by atoms with Crippen LogP contribution in [0.2, 0.25) is 5.02 Å². The minimum Gasteiger partial charge on any atom is -0.464 e. The lowest BCUT2D eigenvalue weighted by atomic mass is 10.3. The van der Waals surface area contributed by atoms with E-state index in [2.05, 4.69) is 5.10 Å². The van der Waals surface area contributed by atoms with Crippen molar-refractivity contribution in [2.75, 3.05) is 7.11 Å². The van der Waals surface area contributed by atoms with Crippen molar-refractivity contribution in [2.45, 2.75) is 0 Å². The van der Waals surface area contributed by atoms with Crippen LogP contribution in [0, 0.1) is 0 Å². The molecule has 0 atom stereocenters. The topological polar surface area (TPSA) is 73.5 Å². The normalized spacial score (nSPS) is 11.1. The molecule has 0 N–H and O–H groups in total. The van der Waals surface area contributed by atoms with Crippen molar-refractivity contribution in [1.82, 2.24) is 9.78 Å². The fourth-order valence-corrected chi connectivity index (χ4v) is 7.90. The molecular weight excluding hydrogens is 517 g/mol. The molecule has 0 saturated carbocycles. The van der Waals surface area contributed by atoms with Gasteiger partial charge in [-0.1, -0.05) is 103 Å². The highest BCUT2D eigenvalue weighted by atomic mass is 35.5. The summed E-state index contributed by atoms with van der Waals surface area (Å²) in [5, 5.41) is 7.84. The number of carbonyl (C=O) groups is 1. The van der Waals surface area contributed by atoms with Gasteiger partial charge < -0.3 is 4.74 Å². The second kappa shape index (κ2) is 11.0. The van der Waals surface area contributed by atoms with Gasteiger partial charge in [0.25, 0.3) is 5.56 Å². The smallest absolute Gasteiger partial charge is 0.360 e. The van der Waals surface area contributed by atoms with Gasteiger partial charge in [-0.3, -0.25) is 9.54 Å². The minimum atomic E-state index is -2.75. The molecule has 4 aromatic carbocycles. The summed E-state index contributed by atoms with van der Waals surface area (Å²) in [6.45, 7) is 0. The number of methoxy groups -OCH3 is 1. The number of carbonyl (C=O) groups excluding carboxylic acids is 1. The van der Waals surface area contributed by atoms with Gasteiger partial charge in [0.15, 0.2) is 5.69 Å². The zero-order valence-electron chi connectivity index (χ0n) is 20.4. The molecular formula is C30H23ClN3O3P. The lowest BCUT2D eigenvalue weighted by molar-refractivity contribution is 0.0593. The largest absolute Gasteiger partial charge is 0.464 e. The summed E-state index contributed by atoms with van der Waals surface area (Å²) >= 11 is 6.02. The Hall–Kier alpha value is -4.25. The number of esters is 1. The minimum absolute atomic E-state index is 0.0609. The fourth-order valence-electron chi connectivity index (χ4n) is 4.25. The molecule has 0 unspecified atom stereocenters. The van der Waals surface area contributed by atoms with Crippen molar-refractivity contribution in [3.8, 4) is 5.69 Å². The number of ether oxygens (including phenoxy) is 1. The highest BCUT2D eigenvalue weighted by molar-refractivity contribution is 7.87. The Bertz CT molecular complexity index is 1590. The molecule has 1 heterocycles. The summed E-state index contributed by atoms with van der Waals surface area (Å²) in [6.07, 6.45) is 0. The van der Waals surface area contributed by atoms with Gasteiger partial charge in [0.2, 0.25) is 0 Å². The first kappa shape index (κ1) is 25.4. The van der Waals surface area contributed by atoms with E-state index in [0.29, 0.717) is 10.7 Å². The van der Waals surface area contributed by atoms with E-state index in [1.807, 2.05) is 91.0 Å². The number of benzene rings is 4. The van der Waals surface area contributed by atoms with Crippen LogP contribution in [0.25, 0.3) is 5.69 Å². The van der Waals surface area contributed by atoms with Crippen LogP contribution in [0.4, 0.5) is 5.69 Å². The standard InChI is InChI=1S/C30H23ClN3O3P/c1-37-30(36)29-27(21-28(35)34(32-29)23-19-17-22(31)18-20-23)33-38(24-11-5-2-6-12-24,25-13-7-3-8-14-25)26-15-9-4-10-16-26/h2-21H,1H3. The summed E-state index contributed by atoms with van der Waals surface area (Å²) in [4.78, 5) is 26.4. The van der Waals surface area contributed by atoms with Gasteiger partial charge in [-0.25, -0.2) is 4.79 Å². The van der Waals surface area contributed by atoms with E-state index >= 15 is 0 Å². The molecule has 0 bridgehead atoms. The number of rotatable bonds is 6. The molecule has 0 amide bonds. The lowest BCUT2D eigenvalue weighted by Crippen LogP contribution is -2.26. The van der Waals surface area contributed by atoms with Gasteiger partial charge in [0.1, 0.15) is 5.69 Å². The van der Waals surface area contributed by atoms with Crippen molar-refractivity contribution in [2.24, 2.45) is 4.74 Å². The van der Waals surface area contributed by atoms with Crippen molar-refractivity contribution >= 4 is 46.2 Å². The molecule has 38 heavy (non-hydrogen) atoms. The van der Waals surface area contributed by atoms with Gasteiger partial charge in [-0.2, -0.15) is 9.78 Å². The summed E-state index contributed by atoms with van der Waals surface area (Å²) < 4.78 is 11.5. The second-order valence-corrected chi connectivity index (χ2v) is 11.8. The summed E-state index contributed by atoms with van der Waals surface area (Å²) in [5.41, 5.74) is 0.128. The van der Waals surface area contributed by atoms with Crippen LogP contribution in [0.3, 0.4) is 0 Å². The average Bonchev–Trinajstić information content (AvgIpc) is 2.97. The highest BCUT2D eigenvalue weighted by Crippen LogP contribution is 2.49. The Morgan fingerprint density at radius 1 is 0.789 bits per heavy atom. The van der Waals surface area contributed by atoms with Crippen LogP contribution < -0.4 is 21.5 Å². The molecule has 5 rings (SSSR count). The van der Waals surface area contributed by atoms with Crippen LogP contribution >= 0.6 is 18.7 Å². The number of halogens is 1. The number of hydrogen-bond donors (Lipinski definition) is 0. The van der Waals surface area contributed by atoms with E-state index in [1.165, 1.54) is 13.2 Å². The summed E-state index contributed by atoms with van der Waals surface area (Å²) in [7, 11) is -1.48. The van der Waals surface area contributed by atoms with E-state index in [0.717, 1.165) is 20.6 Å². The molecule has 8 heteroatoms. The SMILES string of the molecule is COC(=O)c1nn(-c2ccc(Cl)cc2)c(=O)cc1N=P(c1ccccc1)(c1ccccc1)c1ccccc1. The van der Waals surface area contributed by atoms with E-state index in [1.54, 1.807) is 24.3 Å². The first-order chi connectivity index (χ1) is 18.5. The van der Waals surface area contributed by atoms with Crippen molar-refractivity contribution < 1.29 is 9.53 Å². The molecule has 0 radical (unpaired) electrons. The van der Waals surface area contributed by atoms with Gasteiger partial charge in [-0.15, -0.1) is 0 Å². The maximum atomic E-state index is 13.4.